The van der Waals surface area contributed by atoms with Crippen molar-refractivity contribution in [3.63, 3.8) is 0 Å². The van der Waals surface area contributed by atoms with E-state index in [1.807, 2.05) is 0 Å². The highest BCUT2D eigenvalue weighted by Gasteiger charge is 2.12. The molecule has 0 amide bonds. The van der Waals surface area contributed by atoms with Crippen molar-refractivity contribution in [1.82, 2.24) is 4.98 Å². The van der Waals surface area contributed by atoms with Gasteiger partial charge in [-0.15, -0.1) is 11.3 Å². The molecule has 0 radical (unpaired) electrons. The molecule has 1 rings (SSSR count). The van der Waals surface area contributed by atoms with Gasteiger partial charge < -0.3 is 0 Å². The minimum atomic E-state index is -0.441. The van der Waals surface area contributed by atoms with Crippen LogP contribution in [0.15, 0.2) is 5.70 Å². The first-order valence-electron chi connectivity index (χ1n) is 3.71. The molecule has 0 saturated heterocycles. The minimum absolute atomic E-state index is 0.0900. The van der Waals surface area contributed by atoms with Gasteiger partial charge in [-0.25, -0.2) is 4.98 Å². The molecule has 0 fully saturated rings. The van der Waals surface area contributed by atoms with Crippen molar-refractivity contribution in [3.8, 4) is 0 Å². The Hall–Kier alpha value is -0.650. The van der Waals surface area contributed by atoms with Gasteiger partial charge in [-0.05, 0) is 0 Å². The maximum absolute atomic E-state index is 10.5. The van der Waals surface area contributed by atoms with Gasteiger partial charge in [-0.1, -0.05) is 30.1 Å². The third-order valence-electron chi connectivity index (χ3n) is 1.48. The zero-order chi connectivity index (χ0) is 10.7. The molecule has 0 aromatic carbocycles. The number of halogens is 2. The van der Waals surface area contributed by atoms with Crippen molar-refractivity contribution in [3.05, 3.63) is 30.3 Å². The summed E-state index contributed by atoms with van der Waals surface area (Å²) in [6, 6.07) is 0. The highest BCUT2D eigenvalue weighted by Crippen LogP contribution is 2.28. The fourth-order valence-corrected chi connectivity index (χ4v) is 2.14. The van der Waals surface area contributed by atoms with E-state index in [4.69, 9.17) is 23.2 Å². The lowest BCUT2D eigenvalue weighted by molar-refractivity contribution is -0.425. The molecule has 0 N–H and O–H groups in total. The Kier molecular flexibility index (Phi) is 3.86. The maximum atomic E-state index is 10.5. The van der Waals surface area contributed by atoms with E-state index < -0.39 is 4.92 Å². The van der Waals surface area contributed by atoms with E-state index in [2.05, 4.69) is 4.98 Å². The molecule has 14 heavy (non-hydrogen) atoms. The molecule has 0 atom stereocenters. The molecule has 0 unspecified atom stereocenters. The molecule has 0 aliphatic heterocycles. The first kappa shape index (κ1) is 11.4. The Morgan fingerprint density at radius 1 is 1.71 bits per heavy atom. The molecule has 1 heterocycles. The standard InChI is InChI=1S/C7H6Cl2N2O2S/c1-2-4(11(12)13)3-5-6(8)10-7(9)14-5/h3H,2H2,1H3. The average Bonchev–Trinajstić information content (AvgIpc) is 2.40. The van der Waals surface area contributed by atoms with E-state index >= 15 is 0 Å². The van der Waals surface area contributed by atoms with Crippen LogP contribution in [0.2, 0.25) is 9.62 Å². The van der Waals surface area contributed by atoms with Crippen LogP contribution in [0.3, 0.4) is 0 Å². The summed E-state index contributed by atoms with van der Waals surface area (Å²) in [5, 5.41) is 10.7. The Labute approximate surface area is 94.3 Å². The molecule has 0 spiro atoms. The number of aromatic nitrogens is 1. The summed E-state index contributed by atoms with van der Waals surface area (Å²) in [5.41, 5.74) is 0.0900. The van der Waals surface area contributed by atoms with E-state index in [0.29, 0.717) is 11.3 Å². The van der Waals surface area contributed by atoms with Crippen LogP contribution in [0.25, 0.3) is 6.08 Å². The van der Waals surface area contributed by atoms with Gasteiger partial charge in [0.15, 0.2) is 4.47 Å². The van der Waals surface area contributed by atoms with Crippen molar-refractivity contribution in [2.75, 3.05) is 0 Å². The predicted molar refractivity (Wildman–Crippen MR) is 57.4 cm³/mol. The summed E-state index contributed by atoms with van der Waals surface area (Å²) < 4.78 is 0.278. The second-order valence-electron chi connectivity index (χ2n) is 2.37. The van der Waals surface area contributed by atoms with Crippen LogP contribution in [0.4, 0.5) is 0 Å². The van der Waals surface area contributed by atoms with Crippen molar-refractivity contribution < 1.29 is 4.92 Å². The molecule has 0 aliphatic carbocycles. The zero-order valence-electron chi connectivity index (χ0n) is 7.16. The number of nitro groups is 1. The second kappa shape index (κ2) is 4.72. The number of allylic oxidation sites excluding steroid dienone is 1. The summed E-state index contributed by atoms with van der Waals surface area (Å²) in [7, 11) is 0. The zero-order valence-corrected chi connectivity index (χ0v) is 9.49. The number of nitrogens with zero attached hydrogens (tertiary/aromatic N) is 2. The van der Waals surface area contributed by atoms with Crippen LogP contribution in [-0.2, 0) is 0 Å². The largest absolute Gasteiger partial charge is 0.259 e. The summed E-state index contributed by atoms with van der Waals surface area (Å²) in [4.78, 5) is 14.3. The molecule has 76 valence electrons. The molecule has 0 saturated carbocycles. The number of thiazole rings is 1. The quantitative estimate of drug-likeness (QED) is 0.612. The van der Waals surface area contributed by atoms with Crippen LogP contribution in [0.1, 0.15) is 18.2 Å². The third kappa shape index (κ3) is 2.67. The van der Waals surface area contributed by atoms with Gasteiger partial charge in [0.25, 0.3) is 0 Å². The molecule has 1 aromatic heterocycles. The second-order valence-corrected chi connectivity index (χ2v) is 4.34. The lowest BCUT2D eigenvalue weighted by Gasteiger charge is -1.91. The smallest absolute Gasteiger partial charge is 0.247 e. The first-order valence-corrected chi connectivity index (χ1v) is 5.28. The van der Waals surface area contributed by atoms with E-state index in [-0.39, 0.29) is 15.3 Å². The lowest BCUT2D eigenvalue weighted by atomic mass is 10.3. The molecular formula is C7H6Cl2N2O2S. The molecule has 4 nitrogen and oxygen atoms in total. The average molecular weight is 253 g/mol. The van der Waals surface area contributed by atoms with Crippen molar-refractivity contribution in [2.45, 2.75) is 13.3 Å². The van der Waals surface area contributed by atoms with E-state index in [9.17, 15) is 10.1 Å². The maximum Gasteiger partial charge on any atom is 0.247 e. The van der Waals surface area contributed by atoms with Gasteiger partial charge in [-0.3, -0.25) is 10.1 Å². The van der Waals surface area contributed by atoms with Gasteiger partial charge in [-0.2, -0.15) is 0 Å². The van der Waals surface area contributed by atoms with Crippen molar-refractivity contribution in [1.29, 1.82) is 0 Å². The van der Waals surface area contributed by atoms with E-state index in [1.165, 1.54) is 6.08 Å². The fraction of sp³-hybridized carbons (Fsp3) is 0.286. The Balaban J connectivity index is 3.06. The van der Waals surface area contributed by atoms with Crippen LogP contribution in [0, 0.1) is 10.1 Å². The highest BCUT2D eigenvalue weighted by atomic mass is 35.5. The topological polar surface area (TPSA) is 56.0 Å². The van der Waals surface area contributed by atoms with Crippen LogP contribution < -0.4 is 0 Å². The lowest BCUT2D eigenvalue weighted by Crippen LogP contribution is -1.96. The molecule has 0 bridgehead atoms. The summed E-state index contributed by atoms with van der Waals surface area (Å²) in [6.07, 6.45) is 1.73. The highest BCUT2D eigenvalue weighted by molar-refractivity contribution is 7.17. The molecule has 0 aliphatic rings. The van der Waals surface area contributed by atoms with Gasteiger partial charge in [0.2, 0.25) is 5.70 Å². The SMILES string of the molecule is CCC(=Cc1sc(Cl)nc1Cl)[N+](=O)[O-]. The normalized spacial score (nSPS) is 11.8. The Bertz CT molecular complexity index is 389. The third-order valence-corrected chi connectivity index (χ3v) is 2.98. The monoisotopic (exact) mass is 252 g/mol. The first-order chi connectivity index (χ1) is 6.54. The number of hydrogen-bond acceptors (Lipinski definition) is 4. The van der Waals surface area contributed by atoms with E-state index in [0.717, 1.165) is 11.3 Å². The van der Waals surface area contributed by atoms with Crippen molar-refractivity contribution in [2.24, 2.45) is 0 Å². The van der Waals surface area contributed by atoms with Gasteiger partial charge in [0.05, 0.1) is 9.80 Å². The molecule has 1 aromatic rings. The van der Waals surface area contributed by atoms with E-state index in [1.54, 1.807) is 6.92 Å². The van der Waals surface area contributed by atoms with Crippen LogP contribution in [0.5, 0.6) is 0 Å². The van der Waals surface area contributed by atoms with Gasteiger partial charge in [0.1, 0.15) is 5.15 Å². The summed E-state index contributed by atoms with van der Waals surface area (Å²) >= 11 is 12.4. The predicted octanol–water partition coefficient (Wildman–Crippen LogP) is 3.48. The number of rotatable bonds is 3. The van der Waals surface area contributed by atoms with Gasteiger partial charge in [0, 0.05) is 12.5 Å². The molecular weight excluding hydrogens is 247 g/mol. The number of hydrogen-bond donors (Lipinski definition) is 0. The van der Waals surface area contributed by atoms with Crippen LogP contribution in [-0.4, -0.2) is 9.91 Å². The fourth-order valence-electron chi connectivity index (χ4n) is 0.812. The minimum Gasteiger partial charge on any atom is -0.259 e. The molecule has 7 heteroatoms. The summed E-state index contributed by atoms with van der Waals surface area (Å²) in [6.45, 7) is 1.70. The van der Waals surface area contributed by atoms with Gasteiger partial charge >= 0.3 is 0 Å². The summed E-state index contributed by atoms with van der Waals surface area (Å²) in [5.74, 6) is 0. The van der Waals surface area contributed by atoms with Crippen molar-refractivity contribution >= 4 is 40.6 Å². The Morgan fingerprint density at radius 3 is 2.71 bits per heavy atom. The van der Waals surface area contributed by atoms with Crippen LogP contribution >= 0.6 is 34.5 Å². The Morgan fingerprint density at radius 2 is 2.36 bits per heavy atom.